The molecule has 1 aromatic heterocycles. The molecule has 0 bridgehead atoms. The second-order valence-corrected chi connectivity index (χ2v) is 5.65. The smallest absolute Gasteiger partial charge is 0.228 e. The first-order chi connectivity index (χ1) is 9.85. The molecule has 0 aliphatic rings. The minimum absolute atomic E-state index is 0.0721. The molecule has 1 aromatic carbocycles. The zero-order valence-corrected chi connectivity index (χ0v) is 13.2. The van der Waals surface area contributed by atoms with Crippen LogP contribution in [0, 0.1) is 0 Å². The number of halogens is 2. The van der Waals surface area contributed by atoms with Gasteiger partial charge in [-0.15, -0.1) is 0 Å². The van der Waals surface area contributed by atoms with Crippen LogP contribution in [0.3, 0.4) is 0 Å². The molecule has 5 nitrogen and oxygen atoms in total. The summed E-state index contributed by atoms with van der Waals surface area (Å²) in [5.74, 6) is 0.370. The number of phenolic OH excluding ortho intramolecular Hbond substituents is 1. The number of ether oxygens (including phenoxy) is 1. The molecule has 112 valence electrons. The maximum absolute atomic E-state index is 11.3. The maximum Gasteiger partial charge on any atom is 0.228 e. The van der Waals surface area contributed by atoms with Gasteiger partial charge in [-0.2, -0.15) is 5.10 Å². The normalized spacial score (nSPS) is 11.0. The Labute approximate surface area is 132 Å². The van der Waals surface area contributed by atoms with Crippen LogP contribution in [-0.4, -0.2) is 21.2 Å². The summed E-state index contributed by atoms with van der Waals surface area (Å²) in [6.07, 6.45) is 0.696. The first-order valence-electron chi connectivity index (χ1n) is 6.23. The summed E-state index contributed by atoms with van der Waals surface area (Å²) in [7, 11) is 1.66. The van der Waals surface area contributed by atoms with Crippen molar-refractivity contribution in [1.29, 1.82) is 0 Å². The van der Waals surface area contributed by atoms with Crippen molar-refractivity contribution in [2.45, 2.75) is 19.8 Å². The third-order valence-corrected chi connectivity index (χ3v) is 3.53. The highest BCUT2D eigenvalue weighted by Crippen LogP contribution is 2.38. The molecule has 2 rings (SSSR count). The average molecular weight is 329 g/mol. The minimum atomic E-state index is -0.157. The summed E-state index contributed by atoms with van der Waals surface area (Å²) in [5, 5.41) is 14.2. The van der Waals surface area contributed by atoms with E-state index >= 15 is 0 Å². The lowest BCUT2D eigenvalue weighted by molar-refractivity contribution is 0.112. The van der Waals surface area contributed by atoms with E-state index in [1.807, 2.05) is 13.8 Å². The monoisotopic (exact) mass is 328 g/mol. The van der Waals surface area contributed by atoms with Crippen molar-refractivity contribution >= 4 is 29.5 Å². The van der Waals surface area contributed by atoms with Gasteiger partial charge < -0.3 is 9.84 Å². The van der Waals surface area contributed by atoms with Gasteiger partial charge in [0.25, 0.3) is 0 Å². The molecule has 0 amide bonds. The zero-order valence-electron chi connectivity index (χ0n) is 11.7. The molecule has 0 saturated carbocycles. The van der Waals surface area contributed by atoms with E-state index in [1.54, 1.807) is 7.05 Å². The first kappa shape index (κ1) is 15.7. The molecule has 0 spiro atoms. The van der Waals surface area contributed by atoms with Gasteiger partial charge in [0.2, 0.25) is 5.88 Å². The van der Waals surface area contributed by atoms with Gasteiger partial charge in [0.15, 0.2) is 12.0 Å². The van der Waals surface area contributed by atoms with E-state index in [4.69, 9.17) is 27.9 Å². The van der Waals surface area contributed by atoms with Gasteiger partial charge in [-0.25, -0.2) is 4.68 Å². The van der Waals surface area contributed by atoms with Crippen LogP contribution >= 0.6 is 23.2 Å². The van der Waals surface area contributed by atoms with Gasteiger partial charge in [-0.1, -0.05) is 37.0 Å². The Bertz CT molecular complexity index is 696. The number of rotatable bonds is 4. The summed E-state index contributed by atoms with van der Waals surface area (Å²) >= 11 is 11.8. The first-order valence-corrected chi connectivity index (χ1v) is 6.98. The molecule has 2 aromatic rings. The van der Waals surface area contributed by atoms with Crippen LogP contribution < -0.4 is 4.74 Å². The van der Waals surface area contributed by atoms with Crippen LogP contribution in [0.2, 0.25) is 10.0 Å². The van der Waals surface area contributed by atoms with Crippen molar-refractivity contribution in [3.05, 3.63) is 33.4 Å². The number of carbonyl (C=O) groups excluding carboxylic acids is 1. The molecule has 0 fully saturated rings. The van der Waals surface area contributed by atoms with Gasteiger partial charge in [-0.05, 0) is 12.0 Å². The second-order valence-electron chi connectivity index (χ2n) is 4.84. The number of aromatic hydroxyl groups is 1. The number of aromatic nitrogens is 2. The van der Waals surface area contributed by atoms with E-state index in [0.717, 1.165) is 0 Å². The zero-order chi connectivity index (χ0) is 15.7. The molecule has 1 N–H and O–H groups in total. The van der Waals surface area contributed by atoms with E-state index in [2.05, 4.69) is 5.10 Å². The van der Waals surface area contributed by atoms with Crippen molar-refractivity contribution in [3.8, 4) is 17.4 Å². The number of hydrogen-bond donors (Lipinski definition) is 1. The molecule has 0 atom stereocenters. The predicted octanol–water partition coefficient (Wildman–Crippen LogP) is 4.16. The Morgan fingerprint density at radius 1 is 1.33 bits per heavy atom. The largest absolute Gasteiger partial charge is 0.506 e. The van der Waals surface area contributed by atoms with Crippen molar-refractivity contribution in [3.63, 3.8) is 0 Å². The van der Waals surface area contributed by atoms with Gasteiger partial charge in [-0.3, -0.25) is 4.79 Å². The lowest BCUT2D eigenvalue weighted by Gasteiger charge is -2.09. The summed E-state index contributed by atoms with van der Waals surface area (Å²) in [5.41, 5.74) is 0.995. The number of phenols is 1. The molecule has 0 aliphatic heterocycles. The maximum atomic E-state index is 11.3. The van der Waals surface area contributed by atoms with Crippen LogP contribution in [0.4, 0.5) is 0 Å². The molecule has 0 radical (unpaired) electrons. The molecule has 7 heteroatoms. The topological polar surface area (TPSA) is 64.3 Å². The molecule has 0 saturated heterocycles. The Morgan fingerprint density at radius 2 is 2.00 bits per heavy atom. The van der Waals surface area contributed by atoms with E-state index in [0.29, 0.717) is 17.5 Å². The van der Waals surface area contributed by atoms with Gasteiger partial charge in [0.1, 0.15) is 11.3 Å². The number of carbonyl (C=O) groups is 1. The third-order valence-electron chi connectivity index (χ3n) is 2.93. The highest BCUT2D eigenvalue weighted by atomic mass is 35.5. The Kier molecular flexibility index (Phi) is 4.44. The number of aryl methyl sites for hydroxylation is 1. The minimum Gasteiger partial charge on any atom is -0.506 e. The van der Waals surface area contributed by atoms with Gasteiger partial charge in [0, 0.05) is 13.1 Å². The fourth-order valence-corrected chi connectivity index (χ4v) is 2.33. The van der Waals surface area contributed by atoms with Crippen LogP contribution in [-0.2, 0) is 7.05 Å². The molecule has 1 heterocycles. The molecule has 0 unspecified atom stereocenters. The second kappa shape index (κ2) is 5.95. The summed E-state index contributed by atoms with van der Waals surface area (Å²) in [6.45, 7) is 3.86. The lowest BCUT2D eigenvalue weighted by atomic mass is 10.1. The molecule has 0 aliphatic carbocycles. The fraction of sp³-hybridized carbons (Fsp3) is 0.286. The number of hydrogen-bond acceptors (Lipinski definition) is 4. The van der Waals surface area contributed by atoms with Crippen LogP contribution in [0.15, 0.2) is 12.1 Å². The predicted molar refractivity (Wildman–Crippen MR) is 80.9 cm³/mol. The highest BCUT2D eigenvalue weighted by molar-refractivity contribution is 6.36. The van der Waals surface area contributed by atoms with Gasteiger partial charge in [0.05, 0.1) is 15.7 Å². The standard InChI is InChI=1S/C14H14Cl2N2O3/c1-7(2)13-8(6-19)14(18(3)17-13)21-12-5-11(20)9(15)4-10(12)16/h4-7,20H,1-3H3. The number of benzene rings is 1. The Hall–Kier alpha value is -1.72. The number of nitrogens with zero attached hydrogens (tertiary/aromatic N) is 2. The van der Waals surface area contributed by atoms with Crippen molar-refractivity contribution in [2.75, 3.05) is 0 Å². The van der Waals surface area contributed by atoms with E-state index in [-0.39, 0.29) is 33.3 Å². The molecular weight excluding hydrogens is 315 g/mol. The van der Waals surface area contributed by atoms with Crippen molar-refractivity contribution in [1.82, 2.24) is 9.78 Å². The quantitative estimate of drug-likeness (QED) is 0.856. The van der Waals surface area contributed by atoms with E-state index in [9.17, 15) is 9.90 Å². The van der Waals surface area contributed by atoms with E-state index < -0.39 is 0 Å². The lowest BCUT2D eigenvalue weighted by Crippen LogP contribution is -1.97. The van der Waals surface area contributed by atoms with Crippen molar-refractivity contribution in [2.24, 2.45) is 7.05 Å². The SMILES string of the molecule is CC(C)c1nn(C)c(Oc2cc(O)c(Cl)cc2Cl)c1C=O. The van der Waals surface area contributed by atoms with Gasteiger partial charge >= 0.3 is 0 Å². The van der Waals surface area contributed by atoms with Crippen LogP contribution in [0.5, 0.6) is 17.4 Å². The van der Waals surface area contributed by atoms with Crippen molar-refractivity contribution < 1.29 is 14.6 Å². The summed E-state index contributed by atoms with van der Waals surface area (Å²) in [6, 6.07) is 2.66. The average Bonchev–Trinajstić information content (AvgIpc) is 2.73. The summed E-state index contributed by atoms with van der Waals surface area (Å²) < 4.78 is 7.11. The van der Waals surface area contributed by atoms with Crippen LogP contribution in [0.25, 0.3) is 0 Å². The highest BCUT2D eigenvalue weighted by Gasteiger charge is 2.21. The molecular formula is C14H14Cl2N2O3. The number of aldehydes is 1. The van der Waals surface area contributed by atoms with E-state index in [1.165, 1.54) is 16.8 Å². The van der Waals surface area contributed by atoms with Crippen LogP contribution in [0.1, 0.15) is 35.8 Å². The Balaban J connectivity index is 2.49. The Morgan fingerprint density at radius 3 is 2.57 bits per heavy atom. The summed E-state index contributed by atoms with van der Waals surface area (Å²) in [4.78, 5) is 11.3. The molecule has 21 heavy (non-hydrogen) atoms. The third kappa shape index (κ3) is 2.99. The fourth-order valence-electron chi connectivity index (χ4n) is 1.90.